The van der Waals surface area contributed by atoms with E-state index < -0.39 is 0 Å². The number of aromatic nitrogens is 4. The molecular formula is C17H16N4OS. The zero-order chi connectivity index (χ0) is 15.6. The van der Waals surface area contributed by atoms with E-state index in [2.05, 4.69) is 28.4 Å². The van der Waals surface area contributed by atoms with E-state index in [1.165, 1.54) is 22.8 Å². The Labute approximate surface area is 137 Å². The van der Waals surface area contributed by atoms with Gasteiger partial charge in [0.15, 0.2) is 0 Å². The van der Waals surface area contributed by atoms with E-state index >= 15 is 0 Å². The molecule has 116 valence electrons. The van der Waals surface area contributed by atoms with Gasteiger partial charge < -0.3 is 0 Å². The lowest BCUT2D eigenvalue weighted by Gasteiger charge is -2.35. The molecule has 2 heterocycles. The van der Waals surface area contributed by atoms with Crippen LogP contribution in [0.4, 0.5) is 0 Å². The van der Waals surface area contributed by atoms with E-state index in [-0.39, 0.29) is 11.0 Å². The summed E-state index contributed by atoms with van der Waals surface area (Å²) >= 11 is 5.26. The zero-order valence-electron chi connectivity index (χ0n) is 12.6. The molecule has 0 bridgehead atoms. The first kappa shape index (κ1) is 13.2. The number of nitrogens with one attached hydrogen (secondary N) is 2. The molecule has 2 aromatic heterocycles. The van der Waals surface area contributed by atoms with Crippen LogP contribution in [0.5, 0.6) is 0 Å². The highest BCUT2D eigenvalue weighted by Gasteiger charge is 2.44. The van der Waals surface area contributed by atoms with Crippen molar-refractivity contribution in [3.63, 3.8) is 0 Å². The second-order valence-corrected chi connectivity index (χ2v) is 7.06. The van der Waals surface area contributed by atoms with Gasteiger partial charge in [0, 0.05) is 11.0 Å². The molecule has 1 spiro atoms. The number of aromatic amines is 2. The predicted molar refractivity (Wildman–Crippen MR) is 90.3 cm³/mol. The normalized spacial score (nSPS) is 18.3. The highest BCUT2D eigenvalue weighted by molar-refractivity contribution is 7.71. The van der Waals surface area contributed by atoms with Gasteiger partial charge in [0.2, 0.25) is 10.5 Å². The summed E-state index contributed by atoms with van der Waals surface area (Å²) in [6, 6.07) is 8.32. The third-order valence-corrected chi connectivity index (χ3v) is 5.74. The van der Waals surface area contributed by atoms with Crippen LogP contribution in [0.3, 0.4) is 0 Å². The van der Waals surface area contributed by atoms with Crippen molar-refractivity contribution >= 4 is 18.0 Å². The average Bonchev–Trinajstić information content (AvgIpc) is 3.15. The Bertz CT molecular complexity index is 1050. The molecule has 0 radical (unpaired) electrons. The van der Waals surface area contributed by atoms with E-state index in [0.717, 1.165) is 36.1 Å². The SMILES string of the molecule is O=c1c2c(nc3[nH][nH]c(=S)n13)-c1ccccc1CC21CCCC1. The van der Waals surface area contributed by atoms with Gasteiger partial charge in [-0.2, -0.15) is 0 Å². The van der Waals surface area contributed by atoms with Gasteiger partial charge in [-0.3, -0.25) is 15.0 Å². The van der Waals surface area contributed by atoms with Crippen molar-refractivity contribution in [1.82, 2.24) is 19.6 Å². The first-order chi connectivity index (χ1) is 11.2. The predicted octanol–water partition coefficient (Wildman–Crippen LogP) is 3.12. The van der Waals surface area contributed by atoms with Crippen LogP contribution in [-0.4, -0.2) is 19.6 Å². The minimum absolute atomic E-state index is 0.0103. The molecule has 23 heavy (non-hydrogen) atoms. The molecule has 1 fully saturated rings. The number of hydrogen-bond donors (Lipinski definition) is 2. The van der Waals surface area contributed by atoms with E-state index in [0.29, 0.717) is 10.5 Å². The molecular weight excluding hydrogens is 308 g/mol. The maximum absolute atomic E-state index is 13.2. The Kier molecular flexibility index (Phi) is 2.54. The van der Waals surface area contributed by atoms with Crippen LogP contribution in [0.25, 0.3) is 17.0 Å². The Morgan fingerprint density at radius 1 is 1.17 bits per heavy atom. The second-order valence-electron chi connectivity index (χ2n) is 6.68. The fourth-order valence-electron chi connectivity index (χ4n) is 4.47. The number of H-pyrrole nitrogens is 2. The number of benzene rings is 1. The molecule has 3 aromatic rings. The van der Waals surface area contributed by atoms with E-state index in [1.54, 1.807) is 0 Å². The fraction of sp³-hybridized carbons (Fsp3) is 0.353. The number of nitrogens with zero attached hydrogens (tertiary/aromatic N) is 2. The molecule has 0 unspecified atom stereocenters. The van der Waals surface area contributed by atoms with Gasteiger partial charge in [0.1, 0.15) is 0 Å². The fourth-order valence-corrected chi connectivity index (χ4v) is 4.69. The van der Waals surface area contributed by atoms with Crippen molar-refractivity contribution in [3.8, 4) is 11.3 Å². The van der Waals surface area contributed by atoms with Crippen molar-refractivity contribution in [3.05, 3.63) is 50.5 Å². The molecule has 5 nitrogen and oxygen atoms in total. The summed E-state index contributed by atoms with van der Waals surface area (Å²) in [7, 11) is 0. The first-order valence-corrected chi connectivity index (χ1v) is 8.43. The van der Waals surface area contributed by atoms with Gasteiger partial charge in [0.25, 0.3) is 5.56 Å². The summed E-state index contributed by atoms with van der Waals surface area (Å²) in [6.07, 6.45) is 5.38. The largest absolute Gasteiger partial charge is 0.273 e. The van der Waals surface area contributed by atoms with Crippen molar-refractivity contribution in [2.75, 3.05) is 0 Å². The van der Waals surface area contributed by atoms with Crippen LogP contribution in [0, 0.1) is 4.77 Å². The quantitative estimate of drug-likeness (QED) is 0.624. The van der Waals surface area contributed by atoms with Crippen molar-refractivity contribution < 1.29 is 0 Å². The lowest BCUT2D eigenvalue weighted by Crippen LogP contribution is -2.38. The van der Waals surface area contributed by atoms with Crippen LogP contribution >= 0.6 is 12.2 Å². The molecule has 0 aliphatic heterocycles. The Balaban J connectivity index is 1.97. The summed E-state index contributed by atoms with van der Waals surface area (Å²) in [5, 5.41) is 5.75. The highest BCUT2D eigenvalue weighted by Crippen LogP contribution is 2.49. The number of rotatable bonds is 0. The standard InChI is InChI=1S/C17H16N4OS/c22-14-12-13(18-15-19-20-16(23)21(14)15)11-6-2-1-5-10(11)9-17(12)7-3-4-8-17/h1-2,5-6H,3-4,7-9H2,(H,18,19)(H,20,23). The molecule has 1 saturated carbocycles. The molecule has 1 aromatic carbocycles. The van der Waals surface area contributed by atoms with Crippen LogP contribution < -0.4 is 5.56 Å². The third-order valence-electron chi connectivity index (χ3n) is 5.46. The smallest absolute Gasteiger partial charge is 0.265 e. The molecule has 0 saturated heterocycles. The molecule has 2 aliphatic rings. The van der Waals surface area contributed by atoms with Crippen LogP contribution in [0.2, 0.25) is 0 Å². The summed E-state index contributed by atoms with van der Waals surface area (Å²) in [6.45, 7) is 0. The minimum Gasteiger partial charge on any atom is -0.273 e. The van der Waals surface area contributed by atoms with Crippen molar-refractivity contribution in [2.45, 2.75) is 37.5 Å². The number of fused-ring (bicyclic) bond motifs is 5. The van der Waals surface area contributed by atoms with Gasteiger partial charge in [-0.1, -0.05) is 37.1 Å². The van der Waals surface area contributed by atoms with Gasteiger partial charge >= 0.3 is 0 Å². The van der Waals surface area contributed by atoms with Crippen molar-refractivity contribution in [1.29, 1.82) is 0 Å². The summed E-state index contributed by atoms with van der Waals surface area (Å²) in [4.78, 5) is 18.0. The summed E-state index contributed by atoms with van der Waals surface area (Å²) in [5.74, 6) is 0.489. The van der Waals surface area contributed by atoms with Gasteiger partial charge in [-0.25, -0.2) is 9.38 Å². The molecule has 6 heteroatoms. The average molecular weight is 324 g/mol. The minimum atomic E-state index is -0.0754. The lowest BCUT2D eigenvalue weighted by molar-refractivity contribution is 0.426. The molecule has 2 aliphatic carbocycles. The topological polar surface area (TPSA) is 66.0 Å². The second kappa shape index (κ2) is 4.41. The number of hydrogen-bond acceptors (Lipinski definition) is 3. The maximum atomic E-state index is 13.2. The van der Waals surface area contributed by atoms with Crippen molar-refractivity contribution in [2.24, 2.45) is 0 Å². The summed E-state index contributed by atoms with van der Waals surface area (Å²) < 4.78 is 1.88. The lowest BCUT2D eigenvalue weighted by atomic mass is 9.68. The molecule has 0 atom stereocenters. The van der Waals surface area contributed by atoms with Crippen LogP contribution in [-0.2, 0) is 11.8 Å². The maximum Gasteiger partial charge on any atom is 0.265 e. The van der Waals surface area contributed by atoms with E-state index in [9.17, 15) is 4.79 Å². The highest BCUT2D eigenvalue weighted by atomic mass is 32.1. The Morgan fingerprint density at radius 3 is 2.78 bits per heavy atom. The Hall–Kier alpha value is -2.21. The molecule has 2 N–H and O–H groups in total. The molecule has 0 amide bonds. The van der Waals surface area contributed by atoms with Gasteiger partial charge in [-0.15, -0.1) is 0 Å². The third kappa shape index (κ3) is 1.64. The van der Waals surface area contributed by atoms with E-state index in [1.807, 2.05) is 6.07 Å². The summed E-state index contributed by atoms with van der Waals surface area (Å²) in [5.41, 5.74) is 4.00. The van der Waals surface area contributed by atoms with Gasteiger partial charge in [0.05, 0.1) is 11.3 Å². The molecule has 5 rings (SSSR count). The van der Waals surface area contributed by atoms with Gasteiger partial charge in [-0.05, 0) is 37.0 Å². The zero-order valence-corrected chi connectivity index (χ0v) is 13.4. The van der Waals surface area contributed by atoms with Crippen LogP contribution in [0.1, 0.15) is 36.8 Å². The Morgan fingerprint density at radius 2 is 1.96 bits per heavy atom. The van der Waals surface area contributed by atoms with Crippen LogP contribution in [0.15, 0.2) is 29.1 Å². The first-order valence-electron chi connectivity index (χ1n) is 8.02. The monoisotopic (exact) mass is 324 g/mol. The van der Waals surface area contributed by atoms with E-state index in [4.69, 9.17) is 17.2 Å².